The summed E-state index contributed by atoms with van der Waals surface area (Å²) in [5, 5.41) is 14.0. The van der Waals surface area contributed by atoms with Crippen LogP contribution in [-0.4, -0.2) is 0 Å². The summed E-state index contributed by atoms with van der Waals surface area (Å²) in [5.74, 6) is -0.275. The Labute approximate surface area is 120 Å². The monoisotopic (exact) mass is 231 g/mol. The van der Waals surface area contributed by atoms with Crippen molar-refractivity contribution in [2.75, 3.05) is 0 Å². The summed E-state index contributed by atoms with van der Waals surface area (Å²) in [5.41, 5.74) is 2.10. The minimum absolute atomic E-state index is 0. The summed E-state index contributed by atoms with van der Waals surface area (Å²) in [4.78, 5) is 0. The van der Waals surface area contributed by atoms with Crippen LogP contribution in [0.4, 0.5) is 0 Å². The molecule has 86 valence electrons. The standard InChI is InChI=1S/C15H15NO.Li/c1-12(17)16-15(13-8-4-2-5-9-13)14-10-6-3-7-11-14;/h2-11,15-17H,1H2;/q;+1/p-1. The Morgan fingerprint density at radius 3 is 1.61 bits per heavy atom. The Bertz CT molecular complexity index is 445. The van der Waals surface area contributed by atoms with E-state index in [2.05, 4.69) is 11.9 Å². The second-order valence-electron chi connectivity index (χ2n) is 3.82. The van der Waals surface area contributed by atoms with Crippen molar-refractivity contribution in [2.45, 2.75) is 6.04 Å². The number of hydrogen-bond acceptors (Lipinski definition) is 2. The summed E-state index contributed by atoms with van der Waals surface area (Å²) in [6, 6.07) is 19.6. The quantitative estimate of drug-likeness (QED) is 0.552. The minimum Gasteiger partial charge on any atom is -0.861 e. The second kappa shape index (κ2) is 6.96. The maximum atomic E-state index is 11.2. The first-order chi connectivity index (χ1) is 8.27. The maximum absolute atomic E-state index is 11.2. The molecular formula is C15H14LiNO. The van der Waals surface area contributed by atoms with E-state index >= 15 is 0 Å². The molecule has 2 aromatic rings. The van der Waals surface area contributed by atoms with Crippen molar-refractivity contribution in [3.05, 3.63) is 84.3 Å². The van der Waals surface area contributed by atoms with Crippen LogP contribution < -0.4 is 29.3 Å². The van der Waals surface area contributed by atoms with Gasteiger partial charge in [0, 0.05) is 0 Å². The molecule has 3 heteroatoms. The van der Waals surface area contributed by atoms with Crippen molar-refractivity contribution in [3.8, 4) is 0 Å². The molecule has 0 aliphatic rings. The Kier molecular flexibility index (Phi) is 5.58. The molecule has 2 aromatic carbocycles. The molecule has 0 aliphatic heterocycles. The molecule has 0 radical (unpaired) electrons. The van der Waals surface area contributed by atoms with Gasteiger partial charge in [-0.2, -0.15) is 0 Å². The number of nitrogens with one attached hydrogen (secondary N) is 1. The predicted molar refractivity (Wildman–Crippen MR) is 67.0 cm³/mol. The average Bonchev–Trinajstić information content (AvgIpc) is 2.38. The summed E-state index contributed by atoms with van der Waals surface area (Å²) >= 11 is 0. The number of rotatable bonds is 4. The molecule has 0 saturated carbocycles. The average molecular weight is 231 g/mol. The van der Waals surface area contributed by atoms with Crippen LogP contribution in [0.3, 0.4) is 0 Å². The topological polar surface area (TPSA) is 35.1 Å². The zero-order valence-corrected chi connectivity index (χ0v) is 10.5. The van der Waals surface area contributed by atoms with E-state index in [1.807, 2.05) is 60.7 Å². The molecule has 0 aliphatic carbocycles. The normalized spacial score (nSPS) is 9.61. The third kappa shape index (κ3) is 3.70. The first kappa shape index (κ1) is 14.4. The molecule has 2 rings (SSSR count). The van der Waals surface area contributed by atoms with Crippen LogP contribution in [0.2, 0.25) is 0 Å². The number of hydrogen-bond donors (Lipinski definition) is 1. The Morgan fingerprint density at radius 1 is 0.889 bits per heavy atom. The first-order valence-electron chi connectivity index (χ1n) is 5.50. The van der Waals surface area contributed by atoms with Gasteiger partial charge in [-0.1, -0.05) is 73.1 Å². The molecule has 0 spiro atoms. The molecule has 0 saturated heterocycles. The molecule has 2 nitrogen and oxygen atoms in total. The van der Waals surface area contributed by atoms with Crippen molar-refractivity contribution < 1.29 is 24.0 Å². The van der Waals surface area contributed by atoms with Gasteiger partial charge in [-0.15, -0.1) is 0 Å². The molecule has 0 atom stereocenters. The van der Waals surface area contributed by atoms with Gasteiger partial charge in [-0.3, -0.25) is 0 Å². The fourth-order valence-corrected chi connectivity index (χ4v) is 1.81. The van der Waals surface area contributed by atoms with E-state index in [1.165, 1.54) is 0 Å². The number of benzene rings is 2. The van der Waals surface area contributed by atoms with Crippen LogP contribution >= 0.6 is 0 Å². The van der Waals surface area contributed by atoms with Crippen LogP contribution in [0.1, 0.15) is 17.2 Å². The SMILES string of the molecule is C=C([O-])NC(c1ccccc1)c1ccccc1.[Li+]. The molecule has 0 bridgehead atoms. The van der Waals surface area contributed by atoms with Crippen LogP contribution in [0.15, 0.2) is 73.1 Å². The first-order valence-corrected chi connectivity index (χ1v) is 5.50. The van der Waals surface area contributed by atoms with Crippen molar-refractivity contribution >= 4 is 0 Å². The van der Waals surface area contributed by atoms with Crippen molar-refractivity contribution in [3.63, 3.8) is 0 Å². The van der Waals surface area contributed by atoms with Crippen LogP contribution in [0.5, 0.6) is 0 Å². The van der Waals surface area contributed by atoms with Gasteiger partial charge in [0.2, 0.25) is 0 Å². The fraction of sp³-hybridized carbons (Fsp3) is 0.0667. The summed E-state index contributed by atoms with van der Waals surface area (Å²) in [6.45, 7) is 3.38. The van der Waals surface area contributed by atoms with Gasteiger partial charge in [-0.05, 0) is 11.1 Å². The molecule has 0 unspecified atom stereocenters. The second-order valence-corrected chi connectivity index (χ2v) is 3.82. The van der Waals surface area contributed by atoms with E-state index in [0.717, 1.165) is 11.1 Å². The molecule has 1 N–H and O–H groups in total. The van der Waals surface area contributed by atoms with Gasteiger partial charge in [0.15, 0.2) is 0 Å². The molecular weight excluding hydrogens is 217 g/mol. The summed E-state index contributed by atoms with van der Waals surface area (Å²) in [7, 11) is 0. The maximum Gasteiger partial charge on any atom is 1.00 e. The summed E-state index contributed by atoms with van der Waals surface area (Å²) in [6.07, 6.45) is 0. The van der Waals surface area contributed by atoms with Crippen molar-refractivity contribution in [2.24, 2.45) is 0 Å². The van der Waals surface area contributed by atoms with Gasteiger partial charge in [0.05, 0.1) is 6.04 Å². The van der Waals surface area contributed by atoms with Gasteiger partial charge in [0.25, 0.3) is 0 Å². The molecule has 0 aromatic heterocycles. The van der Waals surface area contributed by atoms with Crippen LogP contribution in [0, 0.1) is 0 Å². The minimum atomic E-state index is -0.275. The van der Waals surface area contributed by atoms with Gasteiger partial charge in [0.1, 0.15) is 0 Å². The van der Waals surface area contributed by atoms with E-state index < -0.39 is 0 Å². The zero-order chi connectivity index (χ0) is 12.1. The Balaban J connectivity index is 0.00000162. The Morgan fingerprint density at radius 2 is 1.28 bits per heavy atom. The molecule has 0 heterocycles. The predicted octanol–water partition coefficient (Wildman–Crippen LogP) is -0.799. The van der Waals surface area contributed by atoms with E-state index in [1.54, 1.807) is 0 Å². The van der Waals surface area contributed by atoms with Gasteiger partial charge >= 0.3 is 18.9 Å². The van der Waals surface area contributed by atoms with Crippen LogP contribution in [0.25, 0.3) is 0 Å². The third-order valence-corrected chi connectivity index (χ3v) is 2.57. The van der Waals surface area contributed by atoms with Crippen molar-refractivity contribution in [1.82, 2.24) is 5.32 Å². The van der Waals surface area contributed by atoms with E-state index in [4.69, 9.17) is 0 Å². The van der Waals surface area contributed by atoms with Crippen LogP contribution in [-0.2, 0) is 0 Å². The molecule has 0 amide bonds. The van der Waals surface area contributed by atoms with E-state index in [0.29, 0.717) is 0 Å². The Hall–Kier alpha value is -1.62. The van der Waals surface area contributed by atoms with Gasteiger partial charge in [-0.25, -0.2) is 0 Å². The third-order valence-electron chi connectivity index (χ3n) is 2.57. The smallest absolute Gasteiger partial charge is 0.861 e. The molecule has 18 heavy (non-hydrogen) atoms. The van der Waals surface area contributed by atoms with Crippen molar-refractivity contribution in [1.29, 1.82) is 0 Å². The molecule has 0 fully saturated rings. The van der Waals surface area contributed by atoms with Gasteiger partial charge < -0.3 is 10.4 Å². The van der Waals surface area contributed by atoms with E-state index in [9.17, 15) is 5.11 Å². The largest absolute Gasteiger partial charge is 1.00 e. The zero-order valence-electron chi connectivity index (χ0n) is 10.5. The summed E-state index contributed by atoms with van der Waals surface area (Å²) < 4.78 is 0. The fourth-order valence-electron chi connectivity index (χ4n) is 1.81. The van der Waals surface area contributed by atoms with E-state index in [-0.39, 0.29) is 30.8 Å².